The molecule has 2 atom stereocenters. The molecule has 1 aliphatic heterocycles. The van der Waals surface area contributed by atoms with E-state index in [1.54, 1.807) is 7.11 Å². The maximum atomic E-state index is 5.28. The lowest BCUT2D eigenvalue weighted by Gasteiger charge is -1.87. The zero-order valence-electron chi connectivity index (χ0n) is 8.07. The van der Waals surface area contributed by atoms with Gasteiger partial charge in [-0.1, -0.05) is 30.0 Å². The van der Waals surface area contributed by atoms with Gasteiger partial charge in [0.15, 0.2) is 0 Å². The van der Waals surface area contributed by atoms with E-state index >= 15 is 0 Å². The van der Waals surface area contributed by atoms with E-state index in [0.29, 0.717) is 6.61 Å². The Morgan fingerprint density at radius 1 is 1.36 bits per heavy atom. The van der Waals surface area contributed by atoms with Gasteiger partial charge >= 0.3 is 0 Å². The molecule has 1 saturated heterocycles. The molecule has 0 bridgehead atoms. The Labute approximate surface area is 83.8 Å². The molecular formula is C12H12O2. The van der Waals surface area contributed by atoms with Crippen LogP contribution in [-0.4, -0.2) is 25.9 Å². The third-order valence-electron chi connectivity index (χ3n) is 2.05. The highest BCUT2D eigenvalue weighted by atomic mass is 16.6. The summed E-state index contributed by atoms with van der Waals surface area (Å²) in [5.41, 5.74) is 1.03. The fourth-order valence-corrected chi connectivity index (χ4v) is 1.24. The maximum absolute atomic E-state index is 5.28. The summed E-state index contributed by atoms with van der Waals surface area (Å²) in [6.07, 6.45) is 0.242. The summed E-state index contributed by atoms with van der Waals surface area (Å²) in [6, 6.07) is 9.91. The van der Waals surface area contributed by atoms with E-state index < -0.39 is 0 Å². The molecule has 1 aromatic rings. The molecule has 0 amide bonds. The Balaban J connectivity index is 1.90. The van der Waals surface area contributed by atoms with Crippen LogP contribution < -0.4 is 0 Å². The van der Waals surface area contributed by atoms with Crippen molar-refractivity contribution in [2.24, 2.45) is 0 Å². The van der Waals surface area contributed by atoms with Crippen LogP contribution in [0.25, 0.3) is 0 Å². The van der Waals surface area contributed by atoms with Crippen LogP contribution in [0.5, 0.6) is 0 Å². The summed E-state index contributed by atoms with van der Waals surface area (Å²) >= 11 is 0. The van der Waals surface area contributed by atoms with Gasteiger partial charge in [0.05, 0.1) is 6.61 Å². The number of hydrogen-bond donors (Lipinski definition) is 0. The largest absolute Gasteiger partial charge is 0.382 e. The smallest absolute Gasteiger partial charge is 0.147 e. The molecule has 1 aromatic carbocycles. The Morgan fingerprint density at radius 3 is 2.86 bits per heavy atom. The van der Waals surface area contributed by atoms with Gasteiger partial charge < -0.3 is 9.47 Å². The molecule has 72 valence electrons. The van der Waals surface area contributed by atoms with Gasteiger partial charge in [0.25, 0.3) is 0 Å². The van der Waals surface area contributed by atoms with Gasteiger partial charge in [-0.2, -0.15) is 0 Å². The molecule has 0 N–H and O–H groups in total. The standard InChI is InChI=1S/C12H12O2/c1-13-9-12-11(14-12)8-7-10-5-3-2-4-6-10/h2-6,11-12H,9H2,1H3. The van der Waals surface area contributed by atoms with Crippen LogP contribution in [0.3, 0.4) is 0 Å². The molecule has 2 unspecified atom stereocenters. The molecule has 0 aliphatic carbocycles. The maximum Gasteiger partial charge on any atom is 0.147 e. The Kier molecular flexibility index (Phi) is 2.83. The van der Waals surface area contributed by atoms with Gasteiger partial charge in [-0.15, -0.1) is 0 Å². The van der Waals surface area contributed by atoms with Crippen molar-refractivity contribution in [3.05, 3.63) is 35.9 Å². The van der Waals surface area contributed by atoms with Crippen LogP contribution in [0.4, 0.5) is 0 Å². The summed E-state index contributed by atoms with van der Waals surface area (Å²) in [4.78, 5) is 0. The van der Waals surface area contributed by atoms with Crippen molar-refractivity contribution >= 4 is 0 Å². The SMILES string of the molecule is COCC1OC1C#Cc1ccccc1. The molecule has 1 aliphatic rings. The van der Waals surface area contributed by atoms with Crippen LogP contribution in [0, 0.1) is 11.8 Å². The first kappa shape index (κ1) is 9.26. The lowest BCUT2D eigenvalue weighted by Crippen LogP contribution is -2.00. The lowest BCUT2D eigenvalue weighted by atomic mass is 10.2. The molecule has 14 heavy (non-hydrogen) atoms. The first-order chi connectivity index (χ1) is 6.90. The zero-order valence-corrected chi connectivity index (χ0v) is 8.07. The molecule has 2 heteroatoms. The van der Waals surface area contributed by atoms with E-state index in [1.807, 2.05) is 30.3 Å². The topological polar surface area (TPSA) is 21.8 Å². The molecular weight excluding hydrogens is 176 g/mol. The monoisotopic (exact) mass is 188 g/mol. The predicted octanol–water partition coefficient (Wildman–Crippen LogP) is 1.45. The quantitative estimate of drug-likeness (QED) is 0.517. The van der Waals surface area contributed by atoms with Crippen molar-refractivity contribution in [3.8, 4) is 11.8 Å². The summed E-state index contributed by atoms with van der Waals surface area (Å²) in [5.74, 6) is 6.12. The van der Waals surface area contributed by atoms with E-state index in [9.17, 15) is 0 Å². The van der Waals surface area contributed by atoms with E-state index in [-0.39, 0.29) is 12.2 Å². The second-order valence-electron chi connectivity index (χ2n) is 3.19. The average Bonchev–Trinajstić information content (AvgIpc) is 2.96. The van der Waals surface area contributed by atoms with Crippen molar-refractivity contribution in [2.75, 3.05) is 13.7 Å². The summed E-state index contributed by atoms with van der Waals surface area (Å²) in [5, 5.41) is 0. The summed E-state index contributed by atoms with van der Waals surface area (Å²) in [6.45, 7) is 0.633. The molecule has 2 nitrogen and oxygen atoms in total. The first-order valence-corrected chi connectivity index (χ1v) is 4.61. The van der Waals surface area contributed by atoms with Crippen molar-refractivity contribution in [1.29, 1.82) is 0 Å². The van der Waals surface area contributed by atoms with E-state index in [4.69, 9.17) is 9.47 Å². The van der Waals surface area contributed by atoms with Crippen LogP contribution in [0.1, 0.15) is 5.56 Å². The van der Waals surface area contributed by atoms with Crippen LogP contribution in [0.15, 0.2) is 30.3 Å². The molecule has 1 fully saturated rings. The number of methoxy groups -OCH3 is 1. The van der Waals surface area contributed by atoms with Gasteiger partial charge in [0.2, 0.25) is 0 Å². The van der Waals surface area contributed by atoms with Gasteiger partial charge in [-0.3, -0.25) is 0 Å². The van der Waals surface area contributed by atoms with Gasteiger partial charge in [0.1, 0.15) is 12.2 Å². The van der Waals surface area contributed by atoms with Crippen molar-refractivity contribution in [2.45, 2.75) is 12.2 Å². The van der Waals surface area contributed by atoms with Gasteiger partial charge in [-0.05, 0) is 12.1 Å². The molecule has 1 heterocycles. The second kappa shape index (κ2) is 4.28. The average molecular weight is 188 g/mol. The minimum Gasteiger partial charge on any atom is -0.382 e. The number of epoxide rings is 1. The normalized spacial score (nSPS) is 23.8. The molecule has 0 radical (unpaired) electrons. The highest BCUT2D eigenvalue weighted by Crippen LogP contribution is 2.20. The first-order valence-electron chi connectivity index (χ1n) is 4.61. The third-order valence-corrected chi connectivity index (χ3v) is 2.05. The van der Waals surface area contributed by atoms with E-state index in [0.717, 1.165) is 5.56 Å². The summed E-state index contributed by atoms with van der Waals surface area (Å²) < 4.78 is 10.2. The molecule has 2 rings (SSSR count). The van der Waals surface area contributed by atoms with E-state index in [2.05, 4.69) is 11.8 Å². The van der Waals surface area contributed by atoms with Crippen molar-refractivity contribution in [3.63, 3.8) is 0 Å². The molecule has 0 spiro atoms. The Morgan fingerprint density at radius 2 is 2.14 bits per heavy atom. The summed E-state index contributed by atoms with van der Waals surface area (Å²) in [7, 11) is 1.67. The predicted molar refractivity (Wildman–Crippen MR) is 53.9 cm³/mol. The van der Waals surface area contributed by atoms with Crippen molar-refractivity contribution in [1.82, 2.24) is 0 Å². The van der Waals surface area contributed by atoms with Crippen LogP contribution in [0.2, 0.25) is 0 Å². The number of ether oxygens (including phenoxy) is 2. The number of benzene rings is 1. The van der Waals surface area contributed by atoms with Gasteiger partial charge in [0, 0.05) is 12.7 Å². The minimum absolute atomic E-state index is 0.0650. The third kappa shape index (κ3) is 2.35. The Bertz CT molecular complexity index is 348. The van der Waals surface area contributed by atoms with Crippen molar-refractivity contribution < 1.29 is 9.47 Å². The highest BCUT2D eigenvalue weighted by Gasteiger charge is 2.37. The minimum atomic E-state index is 0.0650. The lowest BCUT2D eigenvalue weighted by molar-refractivity contribution is 0.171. The number of rotatable bonds is 2. The molecule has 0 saturated carbocycles. The Hall–Kier alpha value is -1.30. The molecule has 0 aromatic heterocycles. The second-order valence-corrected chi connectivity index (χ2v) is 3.19. The zero-order chi connectivity index (χ0) is 9.80. The fraction of sp³-hybridized carbons (Fsp3) is 0.333. The fourth-order valence-electron chi connectivity index (χ4n) is 1.24. The van der Waals surface area contributed by atoms with Crippen LogP contribution in [-0.2, 0) is 9.47 Å². The van der Waals surface area contributed by atoms with Gasteiger partial charge in [-0.25, -0.2) is 0 Å². The highest BCUT2D eigenvalue weighted by molar-refractivity contribution is 5.35. The number of hydrogen-bond acceptors (Lipinski definition) is 2. The van der Waals surface area contributed by atoms with Crippen LogP contribution >= 0.6 is 0 Å². The van der Waals surface area contributed by atoms with E-state index in [1.165, 1.54) is 0 Å².